The van der Waals surface area contributed by atoms with E-state index in [-0.39, 0.29) is 30.8 Å². The smallest absolute Gasteiger partial charge is 0.326 e. The van der Waals surface area contributed by atoms with Crippen molar-refractivity contribution >= 4 is 41.9 Å². The fourth-order valence-electron chi connectivity index (χ4n) is 3.23. The zero-order valence-electron chi connectivity index (χ0n) is 21.2. The van der Waals surface area contributed by atoms with E-state index < -0.39 is 48.4 Å². The van der Waals surface area contributed by atoms with Gasteiger partial charge >= 0.3 is 23.9 Å². The molecule has 1 aromatic carbocycles. The summed E-state index contributed by atoms with van der Waals surface area (Å²) < 4.78 is 12.9. The summed E-state index contributed by atoms with van der Waals surface area (Å²) in [6.45, 7) is 0.218. The maximum absolute atomic E-state index is 12.9. The Morgan fingerprint density at radius 3 is 2.12 bits per heavy atom. The van der Waals surface area contributed by atoms with Crippen molar-refractivity contribution in [3.05, 3.63) is 59.5 Å². The number of carbonyl (C=O) groups excluding carboxylic acids is 2. The lowest BCUT2D eigenvalue weighted by Gasteiger charge is -2.18. The molecular weight excluding hydrogens is 530 g/mol. The molecule has 0 fully saturated rings. The number of unbranched alkanes of at least 4 members (excludes halogenated alkanes) is 1. The van der Waals surface area contributed by atoms with Gasteiger partial charge in [-0.25, -0.2) is 23.8 Å². The number of benzene rings is 1. The van der Waals surface area contributed by atoms with Crippen LogP contribution in [0.2, 0.25) is 0 Å². The first-order valence-corrected chi connectivity index (χ1v) is 12.1. The minimum absolute atomic E-state index is 0.00580. The number of rotatable bonds is 16. The van der Waals surface area contributed by atoms with Crippen LogP contribution >= 0.6 is 0 Å². The summed E-state index contributed by atoms with van der Waals surface area (Å²) in [5.41, 5.74) is 3.65. The Morgan fingerprint density at radius 1 is 0.900 bits per heavy atom. The number of nitrogens with zero attached hydrogens (tertiary/aromatic N) is 2. The van der Waals surface area contributed by atoms with Gasteiger partial charge in [-0.15, -0.1) is 0 Å². The Bertz CT molecular complexity index is 1210. The number of carboxylic acid groups (broad SMARTS) is 3. The third-order valence-electron chi connectivity index (χ3n) is 5.35. The number of aliphatic carboxylic acids is 3. The fraction of sp³-hybridized carbons (Fsp3) is 0.320. The van der Waals surface area contributed by atoms with E-state index in [1.807, 2.05) is 0 Å². The molecule has 40 heavy (non-hydrogen) atoms. The third-order valence-corrected chi connectivity index (χ3v) is 5.35. The summed E-state index contributed by atoms with van der Waals surface area (Å²) in [6.07, 6.45) is 2.67. The molecule has 0 aliphatic carbocycles. The lowest BCUT2D eigenvalue weighted by Crippen LogP contribution is -2.51. The van der Waals surface area contributed by atoms with E-state index in [1.54, 1.807) is 18.2 Å². The van der Waals surface area contributed by atoms with Gasteiger partial charge in [0.1, 0.15) is 23.7 Å². The molecule has 0 aliphatic heterocycles. The summed E-state index contributed by atoms with van der Waals surface area (Å²) in [4.78, 5) is 61.7. The number of urea groups is 1. The molecule has 0 saturated heterocycles. The molecule has 2 rings (SSSR count). The van der Waals surface area contributed by atoms with E-state index in [4.69, 9.17) is 10.2 Å². The van der Waals surface area contributed by atoms with E-state index >= 15 is 0 Å². The van der Waals surface area contributed by atoms with Crippen LogP contribution in [-0.4, -0.2) is 75.0 Å². The van der Waals surface area contributed by atoms with Gasteiger partial charge in [0.25, 0.3) is 5.91 Å². The number of nitrogens with one attached hydrogen (secondary N) is 4. The molecule has 0 radical (unpaired) electrons. The molecule has 1 heterocycles. The number of aromatic nitrogens is 1. The molecule has 14 nitrogen and oxygen atoms in total. The van der Waals surface area contributed by atoms with Crippen molar-refractivity contribution in [2.75, 3.05) is 12.0 Å². The van der Waals surface area contributed by atoms with Crippen molar-refractivity contribution in [2.24, 2.45) is 5.10 Å². The van der Waals surface area contributed by atoms with Crippen molar-refractivity contribution in [3.63, 3.8) is 0 Å². The van der Waals surface area contributed by atoms with Gasteiger partial charge in [-0.3, -0.25) is 15.0 Å². The van der Waals surface area contributed by atoms with Crippen LogP contribution in [0, 0.1) is 5.82 Å². The molecule has 0 saturated carbocycles. The quantitative estimate of drug-likeness (QED) is 0.0895. The van der Waals surface area contributed by atoms with Crippen LogP contribution in [0.4, 0.5) is 15.0 Å². The van der Waals surface area contributed by atoms with Crippen LogP contribution in [0.15, 0.2) is 47.7 Å². The minimum atomic E-state index is -1.49. The Hall–Kier alpha value is -5.08. The molecule has 2 unspecified atom stereocenters. The van der Waals surface area contributed by atoms with Crippen LogP contribution in [-0.2, 0) is 14.4 Å². The number of pyridine rings is 1. The first-order chi connectivity index (χ1) is 19.0. The average Bonchev–Trinajstić information content (AvgIpc) is 2.91. The number of hydrogen-bond acceptors (Lipinski definition) is 8. The van der Waals surface area contributed by atoms with Crippen molar-refractivity contribution in [1.29, 1.82) is 0 Å². The largest absolute Gasteiger partial charge is 0.481 e. The zero-order valence-corrected chi connectivity index (χ0v) is 21.2. The first kappa shape index (κ1) is 31.1. The molecule has 1 aromatic heterocycles. The van der Waals surface area contributed by atoms with Crippen molar-refractivity contribution < 1.29 is 43.7 Å². The zero-order chi connectivity index (χ0) is 29.5. The molecule has 0 bridgehead atoms. The van der Waals surface area contributed by atoms with Crippen LogP contribution in [0.1, 0.15) is 48.0 Å². The maximum Gasteiger partial charge on any atom is 0.326 e. The highest BCUT2D eigenvalue weighted by molar-refractivity contribution is 5.94. The Labute approximate surface area is 227 Å². The van der Waals surface area contributed by atoms with Gasteiger partial charge in [-0.2, -0.15) is 5.10 Å². The second-order valence-electron chi connectivity index (χ2n) is 8.44. The number of amides is 3. The van der Waals surface area contributed by atoms with Gasteiger partial charge in [0, 0.05) is 19.2 Å². The number of carboxylic acids is 3. The van der Waals surface area contributed by atoms with Gasteiger partial charge in [0.15, 0.2) is 0 Å². The number of carbonyl (C=O) groups is 5. The fourth-order valence-corrected chi connectivity index (χ4v) is 3.23. The maximum atomic E-state index is 12.9. The predicted octanol–water partition coefficient (Wildman–Crippen LogP) is 1.64. The van der Waals surface area contributed by atoms with Gasteiger partial charge in [-0.05, 0) is 55.5 Å². The predicted molar refractivity (Wildman–Crippen MR) is 139 cm³/mol. The minimum Gasteiger partial charge on any atom is -0.481 e. The summed E-state index contributed by atoms with van der Waals surface area (Å²) >= 11 is 0. The molecule has 0 spiro atoms. The standard InChI is InChI=1S/C25H29FN6O8/c26-17-7-4-15(5-8-17)13-29-32-20-10-6-16(14-28-20)22(35)27-12-2-1-3-18(23(36)37)30-25(40)31-19(24(38)39)9-11-21(33)34/h4-8,10,13-14,18-19H,1-3,9,11-12H2,(H,27,35)(H,28,32)(H,33,34)(H,36,37)(H,38,39)(H2,30,31,40)/i26-1. The highest BCUT2D eigenvalue weighted by Crippen LogP contribution is 2.07. The van der Waals surface area contributed by atoms with E-state index in [0.717, 1.165) is 0 Å². The van der Waals surface area contributed by atoms with Crippen LogP contribution in [0.25, 0.3) is 0 Å². The number of hydrazone groups is 1. The Balaban J connectivity index is 1.72. The summed E-state index contributed by atoms with van der Waals surface area (Å²) in [5, 5.41) is 38.0. The molecule has 3 amide bonds. The first-order valence-electron chi connectivity index (χ1n) is 12.1. The molecule has 15 heteroatoms. The summed E-state index contributed by atoms with van der Waals surface area (Å²) in [5.74, 6) is -4.40. The monoisotopic (exact) mass is 559 g/mol. The molecule has 2 atom stereocenters. The second-order valence-corrected chi connectivity index (χ2v) is 8.44. The van der Waals surface area contributed by atoms with Crippen LogP contribution < -0.4 is 21.4 Å². The lowest BCUT2D eigenvalue weighted by molar-refractivity contribution is -0.140. The highest BCUT2D eigenvalue weighted by atomic mass is 18.2. The molecule has 2 aromatic rings. The van der Waals surface area contributed by atoms with Gasteiger partial charge in [0.05, 0.1) is 11.8 Å². The lowest BCUT2D eigenvalue weighted by atomic mass is 10.1. The average molecular weight is 560 g/mol. The molecule has 7 N–H and O–H groups in total. The summed E-state index contributed by atoms with van der Waals surface area (Å²) in [7, 11) is 0. The Morgan fingerprint density at radius 2 is 1.55 bits per heavy atom. The van der Waals surface area contributed by atoms with Crippen molar-refractivity contribution in [3.8, 4) is 0 Å². The number of anilines is 1. The van der Waals surface area contributed by atoms with E-state index in [9.17, 15) is 33.5 Å². The normalized spacial score (nSPS) is 12.2. The van der Waals surface area contributed by atoms with Crippen LogP contribution in [0.5, 0.6) is 0 Å². The second kappa shape index (κ2) is 16.0. The van der Waals surface area contributed by atoms with Crippen molar-refractivity contribution in [1.82, 2.24) is 20.9 Å². The van der Waals surface area contributed by atoms with Gasteiger partial charge in [-0.1, -0.05) is 12.1 Å². The van der Waals surface area contributed by atoms with Gasteiger partial charge in [0.2, 0.25) is 0 Å². The number of hydrogen-bond donors (Lipinski definition) is 7. The van der Waals surface area contributed by atoms with E-state index in [2.05, 4.69) is 31.5 Å². The Kier molecular flexibility index (Phi) is 12.5. The number of halogens is 1. The highest BCUT2D eigenvalue weighted by Gasteiger charge is 2.24. The van der Waals surface area contributed by atoms with Crippen LogP contribution in [0.3, 0.4) is 0 Å². The topological polar surface area (TPSA) is 219 Å². The molecule has 0 aliphatic rings. The van der Waals surface area contributed by atoms with E-state index in [0.29, 0.717) is 24.2 Å². The summed E-state index contributed by atoms with van der Waals surface area (Å²) in [6, 6.07) is 4.93. The van der Waals surface area contributed by atoms with Gasteiger partial charge < -0.3 is 31.3 Å². The molecule has 214 valence electrons. The SMILES string of the molecule is O=C(O)CCC(NC(=O)NC(CCCCNC(=O)c1ccc(NN=Cc2ccc([18F])cc2)nc1)C(=O)O)C(=O)O. The molecular formula is C25H29FN6O8. The van der Waals surface area contributed by atoms with E-state index in [1.165, 1.54) is 30.6 Å². The van der Waals surface area contributed by atoms with Crippen molar-refractivity contribution in [2.45, 2.75) is 44.2 Å². The third kappa shape index (κ3) is 11.5.